The van der Waals surface area contributed by atoms with E-state index in [0.717, 1.165) is 30.3 Å². The number of nitrogens with one attached hydrogen (secondary N) is 2. The second kappa shape index (κ2) is 8.23. The van der Waals surface area contributed by atoms with Gasteiger partial charge in [0.1, 0.15) is 0 Å². The first kappa shape index (κ1) is 18.4. The van der Waals surface area contributed by atoms with Gasteiger partial charge in [-0.25, -0.2) is 0 Å². The normalized spacial score (nSPS) is 11.4. The Morgan fingerprint density at radius 2 is 2.04 bits per heavy atom. The van der Waals surface area contributed by atoms with Gasteiger partial charge in [0.25, 0.3) is 0 Å². The summed E-state index contributed by atoms with van der Waals surface area (Å²) in [5.41, 5.74) is 3.57. The number of aromatic amines is 1. The third-order valence-corrected chi connectivity index (χ3v) is 4.05. The molecule has 0 saturated heterocycles. The first-order valence-electron chi connectivity index (χ1n) is 7.76. The summed E-state index contributed by atoms with van der Waals surface area (Å²) in [5, 5.41) is 4.65. The molecule has 0 radical (unpaired) electrons. The Hall–Kier alpha value is -1.96. The number of aliphatic imine (C=N–C) groups is 1. The van der Waals surface area contributed by atoms with E-state index in [1.807, 2.05) is 20.2 Å². The van der Waals surface area contributed by atoms with E-state index in [0.29, 0.717) is 0 Å². The zero-order valence-electron chi connectivity index (χ0n) is 14.3. The largest absolute Gasteiger partial charge is 0.357 e. The minimum atomic E-state index is 0. The van der Waals surface area contributed by atoms with Gasteiger partial charge in [0, 0.05) is 44.2 Å². The number of rotatable bonds is 4. The molecule has 0 aliphatic heterocycles. The summed E-state index contributed by atoms with van der Waals surface area (Å²) >= 11 is 0. The molecule has 3 rings (SSSR count). The molecular formula is C18H24IN5. The van der Waals surface area contributed by atoms with Crippen LogP contribution in [0.15, 0.2) is 53.7 Å². The lowest BCUT2D eigenvalue weighted by atomic mass is 10.2. The van der Waals surface area contributed by atoms with Gasteiger partial charge < -0.3 is 19.8 Å². The molecule has 0 aliphatic carbocycles. The van der Waals surface area contributed by atoms with E-state index in [2.05, 4.69) is 74.4 Å². The molecule has 0 aliphatic rings. The van der Waals surface area contributed by atoms with Crippen LogP contribution >= 0.6 is 24.0 Å². The van der Waals surface area contributed by atoms with E-state index in [4.69, 9.17) is 0 Å². The number of hydrogen-bond donors (Lipinski definition) is 2. The molecule has 0 amide bonds. The number of hydrogen-bond acceptors (Lipinski definition) is 1. The Morgan fingerprint density at radius 1 is 1.25 bits per heavy atom. The minimum Gasteiger partial charge on any atom is -0.357 e. The van der Waals surface area contributed by atoms with Gasteiger partial charge in [0.05, 0.1) is 13.1 Å². The topological polar surface area (TPSA) is 48.4 Å². The van der Waals surface area contributed by atoms with Crippen molar-refractivity contribution in [2.45, 2.75) is 13.1 Å². The fourth-order valence-electron chi connectivity index (χ4n) is 2.77. The van der Waals surface area contributed by atoms with Gasteiger partial charge in [0.2, 0.25) is 0 Å². The third kappa shape index (κ3) is 4.11. The van der Waals surface area contributed by atoms with Gasteiger partial charge in [-0.2, -0.15) is 0 Å². The summed E-state index contributed by atoms with van der Waals surface area (Å²) in [5.74, 6) is 0.879. The fraction of sp³-hybridized carbons (Fsp3) is 0.278. The van der Waals surface area contributed by atoms with E-state index >= 15 is 0 Å². The number of halogens is 1. The van der Waals surface area contributed by atoms with E-state index in [1.165, 1.54) is 11.1 Å². The quantitative estimate of drug-likeness (QED) is 0.374. The highest BCUT2D eigenvalue weighted by molar-refractivity contribution is 14.0. The van der Waals surface area contributed by atoms with Gasteiger partial charge >= 0.3 is 0 Å². The molecule has 128 valence electrons. The van der Waals surface area contributed by atoms with Crippen LogP contribution in [0.25, 0.3) is 10.9 Å². The van der Waals surface area contributed by atoms with Crippen molar-refractivity contribution in [3.8, 4) is 0 Å². The van der Waals surface area contributed by atoms with Crippen LogP contribution in [-0.2, 0) is 20.1 Å². The van der Waals surface area contributed by atoms with Crippen molar-refractivity contribution in [1.29, 1.82) is 0 Å². The van der Waals surface area contributed by atoms with Gasteiger partial charge in [-0.15, -0.1) is 24.0 Å². The molecule has 24 heavy (non-hydrogen) atoms. The number of benzene rings is 1. The van der Waals surface area contributed by atoms with Crippen molar-refractivity contribution >= 4 is 40.8 Å². The summed E-state index contributed by atoms with van der Waals surface area (Å²) in [6.07, 6.45) is 2.06. The van der Waals surface area contributed by atoms with E-state index in [9.17, 15) is 0 Å². The van der Waals surface area contributed by atoms with Gasteiger partial charge in [-0.05, 0) is 29.7 Å². The van der Waals surface area contributed by atoms with Crippen LogP contribution in [0, 0.1) is 0 Å². The number of aryl methyl sites for hydroxylation is 1. The number of para-hydroxylation sites is 1. The van der Waals surface area contributed by atoms with Crippen molar-refractivity contribution in [2.24, 2.45) is 12.0 Å². The first-order chi connectivity index (χ1) is 11.2. The molecule has 0 fully saturated rings. The van der Waals surface area contributed by atoms with Crippen molar-refractivity contribution in [3.63, 3.8) is 0 Å². The molecule has 6 heteroatoms. The highest BCUT2D eigenvalue weighted by Crippen LogP contribution is 2.14. The number of guanidine groups is 1. The summed E-state index contributed by atoms with van der Waals surface area (Å²) in [7, 11) is 5.92. The lowest BCUT2D eigenvalue weighted by Crippen LogP contribution is -2.38. The summed E-state index contributed by atoms with van der Waals surface area (Å²) < 4.78 is 2.13. The molecule has 0 unspecified atom stereocenters. The zero-order valence-corrected chi connectivity index (χ0v) is 16.6. The molecule has 0 bridgehead atoms. The maximum Gasteiger partial charge on any atom is 0.194 e. The van der Waals surface area contributed by atoms with Crippen LogP contribution in [-0.4, -0.2) is 34.5 Å². The molecule has 2 N–H and O–H groups in total. The van der Waals surface area contributed by atoms with Crippen LogP contribution < -0.4 is 5.32 Å². The Kier molecular flexibility index (Phi) is 6.30. The second-order valence-corrected chi connectivity index (χ2v) is 5.75. The lowest BCUT2D eigenvalue weighted by molar-refractivity contribution is 0.461. The SMILES string of the molecule is CN=C(NCc1cc2ccccc2[nH]1)N(C)Cc1cccn1C.I. The van der Waals surface area contributed by atoms with Crippen LogP contribution in [0.1, 0.15) is 11.4 Å². The monoisotopic (exact) mass is 437 g/mol. The van der Waals surface area contributed by atoms with Crippen molar-refractivity contribution in [1.82, 2.24) is 19.8 Å². The Labute approximate surface area is 159 Å². The number of aromatic nitrogens is 2. The molecule has 1 aromatic carbocycles. The van der Waals surface area contributed by atoms with Gasteiger partial charge in [-0.1, -0.05) is 18.2 Å². The average Bonchev–Trinajstić information content (AvgIpc) is 3.14. The summed E-state index contributed by atoms with van der Waals surface area (Å²) in [4.78, 5) is 9.93. The van der Waals surface area contributed by atoms with Gasteiger partial charge in [0.15, 0.2) is 5.96 Å². The second-order valence-electron chi connectivity index (χ2n) is 5.75. The Bertz CT molecular complexity index is 785. The lowest BCUT2D eigenvalue weighted by Gasteiger charge is -2.22. The maximum absolute atomic E-state index is 4.38. The molecule has 0 saturated carbocycles. The maximum atomic E-state index is 4.38. The van der Waals surface area contributed by atoms with E-state index in [-0.39, 0.29) is 24.0 Å². The highest BCUT2D eigenvalue weighted by atomic mass is 127. The van der Waals surface area contributed by atoms with Crippen LogP contribution in [0.4, 0.5) is 0 Å². The minimum absolute atomic E-state index is 0. The summed E-state index contributed by atoms with van der Waals surface area (Å²) in [6.45, 7) is 1.54. The number of H-pyrrole nitrogens is 1. The molecule has 0 spiro atoms. The predicted octanol–water partition coefficient (Wildman–Crippen LogP) is 3.33. The fourth-order valence-corrected chi connectivity index (χ4v) is 2.77. The average molecular weight is 437 g/mol. The van der Waals surface area contributed by atoms with Crippen LogP contribution in [0.2, 0.25) is 0 Å². The molecule has 2 aromatic heterocycles. The van der Waals surface area contributed by atoms with Crippen molar-refractivity contribution in [3.05, 3.63) is 60.0 Å². The number of nitrogens with zero attached hydrogens (tertiary/aromatic N) is 3. The van der Waals surface area contributed by atoms with Crippen LogP contribution in [0.5, 0.6) is 0 Å². The highest BCUT2D eigenvalue weighted by Gasteiger charge is 2.09. The van der Waals surface area contributed by atoms with Crippen molar-refractivity contribution < 1.29 is 0 Å². The van der Waals surface area contributed by atoms with E-state index < -0.39 is 0 Å². The number of fused-ring (bicyclic) bond motifs is 1. The first-order valence-corrected chi connectivity index (χ1v) is 7.76. The zero-order chi connectivity index (χ0) is 16.2. The van der Waals surface area contributed by atoms with Gasteiger partial charge in [-0.3, -0.25) is 4.99 Å². The third-order valence-electron chi connectivity index (χ3n) is 4.05. The predicted molar refractivity (Wildman–Crippen MR) is 111 cm³/mol. The molecule has 5 nitrogen and oxygen atoms in total. The smallest absolute Gasteiger partial charge is 0.194 e. The van der Waals surface area contributed by atoms with Crippen molar-refractivity contribution in [2.75, 3.05) is 14.1 Å². The Morgan fingerprint density at radius 3 is 2.71 bits per heavy atom. The standard InChI is InChI=1S/C18H23N5.HI/c1-19-18(23(3)13-16-8-6-10-22(16)2)20-12-15-11-14-7-4-5-9-17(14)21-15;/h4-11,21H,12-13H2,1-3H3,(H,19,20);1H. The van der Waals surface area contributed by atoms with Crippen LogP contribution in [0.3, 0.4) is 0 Å². The molecular weight excluding hydrogens is 413 g/mol. The summed E-state index contributed by atoms with van der Waals surface area (Å²) in [6, 6.07) is 14.7. The Balaban J connectivity index is 0.00000208. The molecule has 3 aromatic rings. The van der Waals surface area contributed by atoms with E-state index in [1.54, 1.807) is 0 Å². The molecule has 0 atom stereocenters. The molecule has 2 heterocycles.